The molecule has 0 saturated carbocycles. The summed E-state index contributed by atoms with van der Waals surface area (Å²) in [6.45, 7) is 0.938. The standard InChI is InChI=1S/C18H20N4O5S2/c1-28-16-5-2-14(3-6-16)13-19-20-17-7-4-15(22(23)24)12-18(17)29(25,26)21-8-10-27-11-9-21/h2-7,12-13,20H,8-11H2,1H3. The number of hydrogen-bond acceptors (Lipinski definition) is 8. The average Bonchev–Trinajstić information content (AvgIpc) is 2.75. The highest BCUT2D eigenvalue weighted by Crippen LogP contribution is 2.29. The zero-order valence-electron chi connectivity index (χ0n) is 15.6. The van der Waals surface area contributed by atoms with Gasteiger partial charge in [0.2, 0.25) is 10.0 Å². The molecule has 1 heterocycles. The Morgan fingerprint density at radius 3 is 2.52 bits per heavy atom. The third-order valence-corrected chi connectivity index (χ3v) is 6.96. The Balaban J connectivity index is 1.89. The Bertz CT molecular complexity index is 1000. The van der Waals surface area contributed by atoms with Crippen LogP contribution in [0.3, 0.4) is 0 Å². The number of ether oxygens (including phenoxy) is 1. The van der Waals surface area contributed by atoms with Crippen molar-refractivity contribution in [2.75, 3.05) is 38.0 Å². The summed E-state index contributed by atoms with van der Waals surface area (Å²) in [5.41, 5.74) is 3.39. The molecule has 29 heavy (non-hydrogen) atoms. The predicted molar refractivity (Wildman–Crippen MR) is 112 cm³/mol. The third kappa shape index (κ3) is 5.12. The van der Waals surface area contributed by atoms with Crippen molar-refractivity contribution in [1.82, 2.24) is 4.31 Å². The fourth-order valence-corrected chi connectivity index (χ4v) is 4.70. The van der Waals surface area contributed by atoms with Crippen LogP contribution in [0.4, 0.5) is 11.4 Å². The number of hydrogen-bond donors (Lipinski definition) is 1. The number of rotatable bonds is 7. The molecule has 0 amide bonds. The summed E-state index contributed by atoms with van der Waals surface area (Å²) in [7, 11) is -3.94. The predicted octanol–water partition coefficient (Wildman–Crippen LogP) is 2.78. The molecule has 2 aromatic carbocycles. The van der Waals surface area contributed by atoms with E-state index in [0.29, 0.717) is 0 Å². The Kier molecular flexibility index (Phi) is 6.85. The second kappa shape index (κ2) is 9.35. The van der Waals surface area contributed by atoms with Crippen molar-refractivity contribution in [1.29, 1.82) is 0 Å². The van der Waals surface area contributed by atoms with Crippen molar-refractivity contribution < 1.29 is 18.1 Å². The van der Waals surface area contributed by atoms with Gasteiger partial charge in [0.25, 0.3) is 5.69 Å². The van der Waals surface area contributed by atoms with E-state index in [9.17, 15) is 18.5 Å². The molecule has 1 saturated heterocycles. The van der Waals surface area contributed by atoms with Crippen LogP contribution in [0.1, 0.15) is 5.56 Å². The largest absolute Gasteiger partial charge is 0.379 e. The number of thioether (sulfide) groups is 1. The SMILES string of the molecule is CSc1ccc(C=NNc2ccc([N+](=O)[O-])cc2S(=O)(=O)N2CCOCC2)cc1. The molecule has 0 aliphatic carbocycles. The maximum Gasteiger partial charge on any atom is 0.270 e. The minimum absolute atomic E-state index is 0.166. The van der Waals surface area contributed by atoms with Gasteiger partial charge in [0.1, 0.15) is 4.90 Å². The second-order valence-electron chi connectivity index (χ2n) is 6.10. The van der Waals surface area contributed by atoms with Crippen LogP contribution in [0.2, 0.25) is 0 Å². The van der Waals surface area contributed by atoms with E-state index in [1.165, 1.54) is 16.4 Å². The highest BCUT2D eigenvalue weighted by Gasteiger charge is 2.30. The molecule has 154 valence electrons. The van der Waals surface area contributed by atoms with Crippen LogP contribution in [-0.4, -0.2) is 56.4 Å². The smallest absolute Gasteiger partial charge is 0.270 e. The molecule has 1 N–H and O–H groups in total. The lowest BCUT2D eigenvalue weighted by atomic mass is 10.2. The molecule has 0 atom stereocenters. The quantitative estimate of drug-likeness (QED) is 0.307. The molecular formula is C18H20N4O5S2. The van der Waals surface area contributed by atoms with E-state index in [0.717, 1.165) is 16.5 Å². The summed E-state index contributed by atoms with van der Waals surface area (Å²) >= 11 is 1.62. The molecule has 11 heteroatoms. The lowest BCUT2D eigenvalue weighted by Gasteiger charge is -2.26. The summed E-state index contributed by atoms with van der Waals surface area (Å²) in [5.74, 6) is 0. The first-order chi connectivity index (χ1) is 13.9. The van der Waals surface area contributed by atoms with Crippen molar-refractivity contribution in [3.8, 4) is 0 Å². The van der Waals surface area contributed by atoms with Crippen LogP contribution in [0.25, 0.3) is 0 Å². The summed E-state index contributed by atoms with van der Waals surface area (Å²) in [4.78, 5) is 11.4. The number of nitro benzene ring substituents is 1. The average molecular weight is 437 g/mol. The molecule has 1 aliphatic rings. The molecule has 0 radical (unpaired) electrons. The number of benzene rings is 2. The first-order valence-electron chi connectivity index (χ1n) is 8.71. The molecule has 0 aromatic heterocycles. The van der Waals surface area contributed by atoms with Crippen molar-refractivity contribution in [2.24, 2.45) is 5.10 Å². The summed E-state index contributed by atoms with van der Waals surface area (Å²) in [5, 5.41) is 15.2. The molecule has 0 bridgehead atoms. The Morgan fingerprint density at radius 2 is 1.90 bits per heavy atom. The second-order valence-corrected chi connectivity index (χ2v) is 8.88. The highest BCUT2D eigenvalue weighted by atomic mass is 32.2. The molecule has 1 fully saturated rings. The number of non-ortho nitro benzene ring substituents is 1. The van der Waals surface area contributed by atoms with Gasteiger partial charge in [0.05, 0.1) is 30.0 Å². The van der Waals surface area contributed by atoms with Gasteiger partial charge in [0, 0.05) is 30.1 Å². The van der Waals surface area contributed by atoms with E-state index < -0.39 is 14.9 Å². The van der Waals surface area contributed by atoms with Crippen LogP contribution in [0.15, 0.2) is 57.4 Å². The molecular weight excluding hydrogens is 416 g/mol. The van der Waals surface area contributed by atoms with E-state index in [1.807, 2.05) is 30.5 Å². The van der Waals surface area contributed by atoms with Gasteiger partial charge in [-0.2, -0.15) is 9.41 Å². The van der Waals surface area contributed by atoms with Gasteiger partial charge < -0.3 is 4.74 Å². The number of anilines is 1. The van der Waals surface area contributed by atoms with Crippen molar-refractivity contribution >= 4 is 39.4 Å². The van der Waals surface area contributed by atoms with Crippen LogP contribution in [-0.2, 0) is 14.8 Å². The maximum absolute atomic E-state index is 13.0. The number of sulfonamides is 1. The fourth-order valence-electron chi connectivity index (χ4n) is 2.72. The minimum Gasteiger partial charge on any atom is -0.379 e. The monoisotopic (exact) mass is 436 g/mol. The van der Waals surface area contributed by atoms with E-state index in [2.05, 4.69) is 10.5 Å². The number of nitrogens with zero attached hydrogens (tertiary/aromatic N) is 3. The van der Waals surface area contributed by atoms with E-state index in [1.54, 1.807) is 18.0 Å². The first-order valence-corrected chi connectivity index (χ1v) is 11.4. The Labute approximate surface area is 172 Å². The normalized spacial score (nSPS) is 15.5. The van der Waals surface area contributed by atoms with Crippen molar-refractivity contribution in [3.63, 3.8) is 0 Å². The van der Waals surface area contributed by atoms with Gasteiger partial charge in [-0.15, -0.1) is 11.8 Å². The van der Waals surface area contributed by atoms with Crippen molar-refractivity contribution in [3.05, 3.63) is 58.1 Å². The van der Waals surface area contributed by atoms with Crippen LogP contribution >= 0.6 is 11.8 Å². The Hall–Kier alpha value is -2.47. The first kappa shape index (κ1) is 21.2. The number of nitro groups is 1. The number of nitrogens with one attached hydrogen (secondary N) is 1. The lowest BCUT2D eigenvalue weighted by molar-refractivity contribution is -0.385. The highest BCUT2D eigenvalue weighted by molar-refractivity contribution is 7.98. The fraction of sp³-hybridized carbons (Fsp3) is 0.278. The molecule has 0 spiro atoms. The minimum atomic E-state index is -3.94. The van der Waals surface area contributed by atoms with E-state index in [4.69, 9.17) is 4.74 Å². The van der Waals surface area contributed by atoms with E-state index >= 15 is 0 Å². The van der Waals surface area contributed by atoms with Crippen molar-refractivity contribution in [2.45, 2.75) is 9.79 Å². The van der Waals surface area contributed by atoms with Gasteiger partial charge in [-0.25, -0.2) is 8.42 Å². The topological polar surface area (TPSA) is 114 Å². The lowest BCUT2D eigenvalue weighted by Crippen LogP contribution is -2.40. The number of morpholine rings is 1. The zero-order chi connectivity index (χ0) is 20.9. The number of hydrazone groups is 1. The van der Waals surface area contributed by atoms with Crippen LogP contribution in [0.5, 0.6) is 0 Å². The maximum atomic E-state index is 13.0. The molecule has 3 rings (SSSR count). The van der Waals surface area contributed by atoms with E-state index in [-0.39, 0.29) is 42.6 Å². The van der Waals surface area contributed by atoms with Gasteiger partial charge in [-0.05, 0) is 30.0 Å². The van der Waals surface area contributed by atoms with Gasteiger partial charge in [0.15, 0.2) is 0 Å². The molecule has 2 aromatic rings. The summed E-state index contributed by atoms with van der Waals surface area (Å²) in [6.07, 6.45) is 3.53. The molecule has 1 aliphatic heterocycles. The van der Waals surface area contributed by atoms with Gasteiger partial charge in [-0.1, -0.05) is 12.1 Å². The summed E-state index contributed by atoms with van der Waals surface area (Å²) in [6, 6.07) is 11.3. The van der Waals surface area contributed by atoms with Gasteiger partial charge in [-0.3, -0.25) is 15.5 Å². The zero-order valence-corrected chi connectivity index (χ0v) is 17.3. The third-order valence-electron chi connectivity index (χ3n) is 4.28. The van der Waals surface area contributed by atoms with Crippen LogP contribution in [0, 0.1) is 10.1 Å². The molecule has 0 unspecified atom stereocenters. The van der Waals surface area contributed by atoms with Gasteiger partial charge >= 0.3 is 0 Å². The molecule has 9 nitrogen and oxygen atoms in total. The Morgan fingerprint density at radius 1 is 1.21 bits per heavy atom. The van der Waals surface area contributed by atoms with Crippen LogP contribution < -0.4 is 5.43 Å². The summed E-state index contributed by atoms with van der Waals surface area (Å²) < 4.78 is 32.5.